The Morgan fingerprint density at radius 3 is 2.96 bits per heavy atom. The van der Waals surface area contributed by atoms with Gasteiger partial charge in [-0.05, 0) is 37.1 Å². The van der Waals surface area contributed by atoms with Gasteiger partial charge in [-0.25, -0.2) is 0 Å². The van der Waals surface area contributed by atoms with E-state index in [9.17, 15) is 5.11 Å². The number of rotatable bonds is 3. The lowest BCUT2D eigenvalue weighted by Gasteiger charge is -2.38. The summed E-state index contributed by atoms with van der Waals surface area (Å²) in [5, 5.41) is 21.3. The highest BCUT2D eigenvalue weighted by molar-refractivity contribution is 5.43. The van der Waals surface area contributed by atoms with E-state index in [1.807, 2.05) is 12.1 Å². The fourth-order valence-corrected chi connectivity index (χ4v) is 3.34. The van der Waals surface area contributed by atoms with Gasteiger partial charge in [-0.3, -0.25) is 4.90 Å². The van der Waals surface area contributed by atoms with Crippen molar-refractivity contribution in [3.05, 3.63) is 35.7 Å². The molecule has 2 N–H and O–H groups in total. The number of benzene rings is 1. The minimum Gasteiger partial charge on any atom is -0.486 e. The molecule has 0 spiro atoms. The number of β-amino-alcohol motifs (C(OH)–C–C–N with tert-alkyl or cyclic N) is 1. The number of aromatic amines is 1. The van der Waals surface area contributed by atoms with Crippen LogP contribution in [0.1, 0.15) is 24.1 Å². The fraction of sp³-hybridized carbons (Fsp3) is 0.500. The van der Waals surface area contributed by atoms with Gasteiger partial charge in [0.25, 0.3) is 0 Å². The van der Waals surface area contributed by atoms with E-state index in [4.69, 9.17) is 9.47 Å². The van der Waals surface area contributed by atoms with E-state index in [0.29, 0.717) is 31.9 Å². The first kappa shape index (κ1) is 14.5. The Labute approximate surface area is 134 Å². The van der Waals surface area contributed by atoms with Crippen LogP contribution < -0.4 is 9.47 Å². The molecule has 4 rings (SSSR count). The van der Waals surface area contributed by atoms with Crippen molar-refractivity contribution in [1.82, 2.24) is 20.3 Å². The van der Waals surface area contributed by atoms with Crippen LogP contribution >= 0.6 is 0 Å². The molecule has 1 saturated heterocycles. The highest BCUT2D eigenvalue weighted by Gasteiger charge is 2.37. The Bertz CT molecular complexity index is 676. The number of aliphatic hydroxyl groups is 1. The molecule has 1 aromatic carbocycles. The first-order valence-corrected chi connectivity index (χ1v) is 7.92. The third-order valence-electron chi connectivity index (χ3n) is 4.45. The van der Waals surface area contributed by atoms with Gasteiger partial charge in [0.05, 0.1) is 6.20 Å². The first-order valence-electron chi connectivity index (χ1n) is 7.92. The van der Waals surface area contributed by atoms with Gasteiger partial charge >= 0.3 is 0 Å². The normalized spacial score (nSPS) is 24.6. The number of nitrogens with one attached hydrogen (secondary N) is 1. The Morgan fingerprint density at radius 2 is 2.13 bits per heavy atom. The molecule has 0 aliphatic carbocycles. The Balaban J connectivity index is 1.48. The van der Waals surface area contributed by atoms with Crippen molar-refractivity contribution in [3.63, 3.8) is 0 Å². The molecule has 23 heavy (non-hydrogen) atoms. The summed E-state index contributed by atoms with van der Waals surface area (Å²) in [5.41, 5.74) is 0.835. The first-order chi connectivity index (χ1) is 11.2. The standard InChI is InChI=1S/C16H20N4O3/c21-16(15-9-17-19-18-15)4-1-5-20(11-16)10-12-2-3-13-14(8-12)23-7-6-22-13/h2-3,8-9,21H,1,4-7,10-11H2,(H,17,18,19)/t16-/m0/s1. The zero-order valence-corrected chi connectivity index (χ0v) is 12.9. The fourth-order valence-electron chi connectivity index (χ4n) is 3.34. The maximum Gasteiger partial charge on any atom is 0.161 e. The van der Waals surface area contributed by atoms with E-state index in [1.165, 1.54) is 0 Å². The van der Waals surface area contributed by atoms with Crippen LogP contribution in [0.15, 0.2) is 24.4 Å². The number of fused-ring (bicyclic) bond motifs is 1. The zero-order valence-electron chi connectivity index (χ0n) is 12.9. The summed E-state index contributed by atoms with van der Waals surface area (Å²) in [6.45, 7) is 3.45. The number of ether oxygens (including phenoxy) is 2. The summed E-state index contributed by atoms with van der Waals surface area (Å²) in [5.74, 6) is 1.61. The highest BCUT2D eigenvalue weighted by atomic mass is 16.6. The van der Waals surface area contributed by atoms with Crippen molar-refractivity contribution in [2.75, 3.05) is 26.3 Å². The smallest absolute Gasteiger partial charge is 0.161 e. The lowest BCUT2D eigenvalue weighted by Crippen LogP contribution is -2.45. The van der Waals surface area contributed by atoms with Gasteiger partial charge in [0.15, 0.2) is 11.5 Å². The average molecular weight is 316 g/mol. The van der Waals surface area contributed by atoms with Gasteiger partial charge in [0, 0.05) is 13.1 Å². The summed E-state index contributed by atoms with van der Waals surface area (Å²) in [4.78, 5) is 2.24. The molecule has 1 fully saturated rings. The zero-order chi connectivity index (χ0) is 15.7. The van der Waals surface area contributed by atoms with Crippen molar-refractivity contribution in [2.24, 2.45) is 0 Å². The third kappa shape index (κ3) is 2.89. The van der Waals surface area contributed by atoms with E-state index in [-0.39, 0.29) is 0 Å². The molecule has 0 bridgehead atoms. The summed E-state index contributed by atoms with van der Waals surface area (Å²) < 4.78 is 11.2. The summed E-state index contributed by atoms with van der Waals surface area (Å²) >= 11 is 0. The van der Waals surface area contributed by atoms with E-state index in [1.54, 1.807) is 6.20 Å². The topological polar surface area (TPSA) is 83.5 Å². The van der Waals surface area contributed by atoms with Crippen LogP contribution in [0, 0.1) is 0 Å². The number of hydrogen-bond acceptors (Lipinski definition) is 6. The van der Waals surface area contributed by atoms with Crippen molar-refractivity contribution >= 4 is 0 Å². The Morgan fingerprint density at radius 1 is 1.26 bits per heavy atom. The quantitative estimate of drug-likeness (QED) is 0.881. The van der Waals surface area contributed by atoms with E-state index >= 15 is 0 Å². The Hall–Kier alpha value is -2.12. The van der Waals surface area contributed by atoms with Crippen molar-refractivity contribution in [3.8, 4) is 11.5 Å². The maximum absolute atomic E-state index is 10.9. The van der Waals surface area contributed by atoms with Crippen LogP contribution in [0.3, 0.4) is 0 Å². The minimum absolute atomic E-state index is 0.550. The molecule has 3 heterocycles. The molecule has 1 aromatic heterocycles. The van der Waals surface area contributed by atoms with Crippen LogP contribution in [0.2, 0.25) is 0 Å². The second-order valence-electron chi connectivity index (χ2n) is 6.18. The van der Waals surface area contributed by atoms with Crippen LogP contribution in [0.5, 0.6) is 11.5 Å². The predicted molar refractivity (Wildman–Crippen MR) is 82.2 cm³/mol. The number of H-pyrrole nitrogens is 1. The van der Waals surface area contributed by atoms with Crippen molar-refractivity contribution in [1.29, 1.82) is 0 Å². The number of hydrogen-bond donors (Lipinski definition) is 2. The van der Waals surface area contributed by atoms with Crippen LogP contribution in [-0.2, 0) is 12.1 Å². The molecule has 122 valence electrons. The molecule has 0 radical (unpaired) electrons. The molecule has 0 unspecified atom stereocenters. The maximum atomic E-state index is 10.9. The SMILES string of the molecule is O[C@@]1(c2cn[nH]n2)CCCN(Cc2ccc3c(c2)OCCO3)C1. The second kappa shape index (κ2) is 5.82. The van der Waals surface area contributed by atoms with Crippen molar-refractivity contribution in [2.45, 2.75) is 25.0 Å². The van der Waals surface area contributed by atoms with Gasteiger partial charge in [-0.15, -0.1) is 0 Å². The van der Waals surface area contributed by atoms with Gasteiger partial charge in [-0.1, -0.05) is 6.07 Å². The second-order valence-corrected chi connectivity index (χ2v) is 6.18. The number of likely N-dealkylation sites (tertiary alicyclic amines) is 1. The van der Waals surface area contributed by atoms with Gasteiger partial charge < -0.3 is 14.6 Å². The van der Waals surface area contributed by atoms with E-state index in [0.717, 1.165) is 36.6 Å². The molecule has 2 aromatic rings. The molecule has 1 atom stereocenters. The predicted octanol–water partition coefficient (Wildman–Crippen LogP) is 1.06. The van der Waals surface area contributed by atoms with Crippen molar-refractivity contribution < 1.29 is 14.6 Å². The lowest BCUT2D eigenvalue weighted by molar-refractivity contribution is -0.0414. The summed E-state index contributed by atoms with van der Waals surface area (Å²) in [6, 6.07) is 6.03. The monoisotopic (exact) mass is 316 g/mol. The largest absolute Gasteiger partial charge is 0.486 e. The van der Waals surface area contributed by atoms with Gasteiger partial charge in [0.2, 0.25) is 0 Å². The van der Waals surface area contributed by atoms with E-state index in [2.05, 4.69) is 26.4 Å². The van der Waals surface area contributed by atoms with Gasteiger partial charge in [-0.2, -0.15) is 15.4 Å². The lowest BCUT2D eigenvalue weighted by atomic mass is 9.90. The number of nitrogens with zero attached hydrogens (tertiary/aromatic N) is 3. The van der Waals surface area contributed by atoms with Crippen LogP contribution in [0.4, 0.5) is 0 Å². The molecule has 2 aliphatic heterocycles. The average Bonchev–Trinajstić information content (AvgIpc) is 3.10. The molecule has 7 heteroatoms. The number of aromatic nitrogens is 3. The molecular formula is C16H20N4O3. The summed E-state index contributed by atoms with van der Waals surface area (Å²) in [7, 11) is 0. The minimum atomic E-state index is -0.931. The molecule has 0 amide bonds. The molecular weight excluding hydrogens is 296 g/mol. The Kier molecular flexibility index (Phi) is 3.66. The number of piperidine rings is 1. The van der Waals surface area contributed by atoms with Gasteiger partial charge in [0.1, 0.15) is 24.5 Å². The molecule has 7 nitrogen and oxygen atoms in total. The van der Waals surface area contributed by atoms with E-state index < -0.39 is 5.60 Å². The van der Waals surface area contributed by atoms with Crippen LogP contribution in [0.25, 0.3) is 0 Å². The summed E-state index contributed by atoms with van der Waals surface area (Å²) in [6.07, 6.45) is 3.23. The van der Waals surface area contributed by atoms with Crippen LogP contribution in [-0.4, -0.2) is 51.7 Å². The molecule has 2 aliphatic rings. The highest BCUT2D eigenvalue weighted by Crippen LogP contribution is 2.33. The third-order valence-corrected chi connectivity index (χ3v) is 4.45. The molecule has 0 saturated carbocycles.